The number of carbonyl (C=O) groups is 2. The second-order valence-electron chi connectivity index (χ2n) is 4.20. The third-order valence-corrected chi connectivity index (χ3v) is 3.48. The minimum Gasteiger partial charge on any atom is -0.445 e. The van der Waals surface area contributed by atoms with Crippen LogP contribution >= 0.6 is 15.9 Å². The van der Waals surface area contributed by atoms with Crippen molar-refractivity contribution >= 4 is 26.7 Å². The molecular formula is C13H14BrNO3. The Labute approximate surface area is 114 Å². The Balaban J connectivity index is 1.90. The zero-order valence-electron chi connectivity index (χ0n) is 9.84. The lowest BCUT2D eigenvalue weighted by atomic mass is 10.2. The largest absolute Gasteiger partial charge is 0.445 e. The van der Waals surface area contributed by atoms with Gasteiger partial charge in [0.25, 0.3) is 0 Å². The number of halogens is 1. The van der Waals surface area contributed by atoms with Crippen molar-refractivity contribution < 1.29 is 14.3 Å². The number of likely N-dealkylation sites (tertiary alicyclic amines) is 1. The van der Waals surface area contributed by atoms with Crippen molar-refractivity contribution in [3.05, 3.63) is 35.9 Å². The normalized spacial score (nSPS) is 18.7. The van der Waals surface area contributed by atoms with Crippen molar-refractivity contribution in [3.63, 3.8) is 0 Å². The standard InChI is InChI=1S/C13H14BrNO3/c14-12(16)11-7-4-8-15(11)13(17)18-9-10-5-2-1-3-6-10/h1-3,5-6,11H,4,7-9H2/t11-/m0/s1. The first kappa shape index (κ1) is 13.1. The molecule has 0 aliphatic carbocycles. The van der Waals surface area contributed by atoms with E-state index in [-0.39, 0.29) is 17.3 Å². The van der Waals surface area contributed by atoms with E-state index in [1.807, 2.05) is 30.3 Å². The molecule has 0 radical (unpaired) electrons. The van der Waals surface area contributed by atoms with Crippen molar-refractivity contribution in [1.82, 2.24) is 4.90 Å². The molecule has 0 unspecified atom stereocenters. The quantitative estimate of drug-likeness (QED) is 0.806. The van der Waals surface area contributed by atoms with Crippen molar-refractivity contribution in [2.24, 2.45) is 0 Å². The van der Waals surface area contributed by atoms with Gasteiger partial charge in [0, 0.05) is 6.54 Å². The van der Waals surface area contributed by atoms with E-state index in [1.54, 1.807) is 0 Å². The fourth-order valence-electron chi connectivity index (χ4n) is 2.02. The predicted octanol–water partition coefficient (Wildman–Crippen LogP) is 2.71. The maximum absolute atomic E-state index is 11.9. The molecule has 4 nitrogen and oxygen atoms in total. The summed E-state index contributed by atoms with van der Waals surface area (Å²) < 4.78 is 5.05. The molecule has 1 aliphatic rings. The smallest absolute Gasteiger partial charge is 0.410 e. The highest BCUT2D eigenvalue weighted by Crippen LogP contribution is 2.21. The first-order chi connectivity index (χ1) is 8.68. The Morgan fingerprint density at radius 2 is 2.06 bits per heavy atom. The van der Waals surface area contributed by atoms with Gasteiger partial charge < -0.3 is 4.74 Å². The molecule has 1 fully saturated rings. The van der Waals surface area contributed by atoms with Gasteiger partial charge >= 0.3 is 6.09 Å². The van der Waals surface area contributed by atoms with Crippen LogP contribution in [0.25, 0.3) is 0 Å². The Kier molecular flexibility index (Phi) is 4.36. The molecule has 0 N–H and O–H groups in total. The van der Waals surface area contributed by atoms with Crippen LogP contribution in [0.4, 0.5) is 4.79 Å². The summed E-state index contributed by atoms with van der Waals surface area (Å²) in [5.41, 5.74) is 0.937. The number of ether oxygens (including phenoxy) is 1. The third-order valence-electron chi connectivity index (χ3n) is 2.95. The van der Waals surface area contributed by atoms with Crippen LogP contribution in [0.1, 0.15) is 18.4 Å². The van der Waals surface area contributed by atoms with Crippen LogP contribution in [0.5, 0.6) is 0 Å². The summed E-state index contributed by atoms with van der Waals surface area (Å²) in [6.07, 6.45) is 1.11. The van der Waals surface area contributed by atoms with E-state index in [1.165, 1.54) is 4.90 Å². The molecule has 18 heavy (non-hydrogen) atoms. The molecule has 0 aromatic heterocycles. The highest BCUT2D eigenvalue weighted by molar-refractivity contribution is 9.18. The second kappa shape index (κ2) is 6.00. The van der Waals surface area contributed by atoms with Crippen LogP contribution < -0.4 is 0 Å². The number of benzene rings is 1. The molecule has 0 saturated carbocycles. The Morgan fingerprint density at radius 3 is 2.72 bits per heavy atom. The van der Waals surface area contributed by atoms with Gasteiger partial charge in [-0.3, -0.25) is 9.69 Å². The molecule has 1 heterocycles. The van der Waals surface area contributed by atoms with Crippen molar-refractivity contribution in [2.75, 3.05) is 6.54 Å². The van der Waals surface area contributed by atoms with Gasteiger partial charge in [0.2, 0.25) is 4.69 Å². The average Bonchev–Trinajstić information content (AvgIpc) is 2.86. The Morgan fingerprint density at radius 1 is 1.33 bits per heavy atom. The van der Waals surface area contributed by atoms with Crippen LogP contribution in [0, 0.1) is 0 Å². The molecule has 0 spiro atoms. The summed E-state index contributed by atoms with van der Waals surface area (Å²) in [7, 11) is 0. The number of amides is 1. The van der Waals surface area contributed by atoms with E-state index in [9.17, 15) is 9.59 Å². The number of hydrogen-bond acceptors (Lipinski definition) is 3. The minimum absolute atomic E-state index is 0.156. The fraction of sp³-hybridized carbons (Fsp3) is 0.385. The molecular weight excluding hydrogens is 298 g/mol. The number of hydrogen-bond donors (Lipinski definition) is 0. The maximum atomic E-state index is 11.9. The van der Waals surface area contributed by atoms with Crippen LogP contribution in [0.2, 0.25) is 0 Å². The molecule has 1 saturated heterocycles. The number of rotatable bonds is 3. The molecule has 5 heteroatoms. The Bertz CT molecular complexity index is 435. The molecule has 1 atom stereocenters. The molecule has 96 valence electrons. The Hall–Kier alpha value is -1.36. The van der Waals surface area contributed by atoms with Crippen LogP contribution in [0.3, 0.4) is 0 Å². The van der Waals surface area contributed by atoms with Crippen LogP contribution in [-0.4, -0.2) is 28.3 Å². The van der Waals surface area contributed by atoms with Crippen molar-refractivity contribution in [2.45, 2.75) is 25.5 Å². The van der Waals surface area contributed by atoms with Crippen molar-refractivity contribution in [3.8, 4) is 0 Å². The topological polar surface area (TPSA) is 46.6 Å². The molecule has 1 aromatic carbocycles. The predicted molar refractivity (Wildman–Crippen MR) is 70.3 cm³/mol. The van der Waals surface area contributed by atoms with Crippen LogP contribution in [0.15, 0.2) is 30.3 Å². The second-order valence-corrected chi connectivity index (χ2v) is 4.98. The summed E-state index contributed by atoms with van der Waals surface area (Å²) in [6.45, 7) is 0.814. The zero-order chi connectivity index (χ0) is 13.0. The molecule has 1 aliphatic heterocycles. The molecule has 1 aromatic rings. The summed E-state index contributed by atoms with van der Waals surface area (Å²) >= 11 is 2.92. The lowest BCUT2D eigenvalue weighted by molar-refractivity contribution is -0.113. The fourth-order valence-corrected chi connectivity index (χ4v) is 2.50. The molecule has 2 rings (SSSR count). The van der Waals surface area contributed by atoms with Gasteiger partial charge in [0.05, 0.1) is 0 Å². The molecule has 1 amide bonds. The van der Waals surface area contributed by atoms with E-state index in [2.05, 4.69) is 15.9 Å². The zero-order valence-corrected chi connectivity index (χ0v) is 11.4. The average molecular weight is 312 g/mol. The summed E-state index contributed by atoms with van der Waals surface area (Å²) in [6, 6.07) is 9.10. The van der Waals surface area contributed by atoms with E-state index in [0.29, 0.717) is 13.0 Å². The van der Waals surface area contributed by atoms with Gasteiger partial charge in [-0.1, -0.05) is 30.3 Å². The lowest BCUT2D eigenvalue weighted by Crippen LogP contribution is -2.38. The van der Waals surface area contributed by atoms with E-state index in [0.717, 1.165) is 12.0 Å². The lowest BCUT2D eigenvalue weighted by Gasteiger charge is -2.21. The number of carbonyl (C=O) groups excluding carboxylic acids is 2. The maximum Gasteiger partial charge on any atom is 0.410 e. The molecule has 0 bridgehead atoms. The van der Waals surface area contributed by atoms with Crippen molar-refractivity contribution in [1.29, 1.82) is 0 Å². The monoisotopic (exact) mass is 311 g/mol. The highest BCUT2D eigenvalue weighted by atomic mass is 79.9. The first-order valence-electron chi connectivity index (χ1n) is 5.85. The van der Waals surface area contributed by atoms with E-state index >= 15 is 0 Å². The SMILES string of the molecule is O=C(Br)[C@@H]1CCCN1C(=O)OCc1ccccc1. The third kappa shape index (κ3) is 3.10. The van der Waals surface area contributed by atoms with Gasteiger partial charge in [-0.25, -0.2) is 4.79 Å². The summed E-state index contributed by atoms with van der Waals surface area (Å²) in [4.78, 5) is 24.7. The van der Waals surface area contributed by atoms with Crippen LogP contribution in [-0.2, 0) is 16.1 Å². The van der Waals surface area contributed by atoms with E-state index < -0.39 is 6.09 Å². The van der Waals surface area contributed by atoms with Gasteiger partial charge in [-0.15, -0.1) is 0 Å². The van der Waals surface area contributed by atoms with Gasteiger partial charge in [0.15, 0.2) is 0 Å². The van der Waals surface area contributed by atoms with Gasteiger partial charge in [-0.05, 0) is 34.3 Å². The summed E-state index contributed by atoms with van der Waals surface area (Å²) in [5, 5.41) is 0. The number of nitrogens with zero attached hydrogens (tertiary/aromatic N) is 1. The van der Waals surface area contributed by atoms with E-state index in [4.69, 9.17) is 4.74 Å². The van der Waals surface area contributed by atoms with Gasteiger partial charge in [0.1, 0.15) is 12.6 Å². The first-order valence-corrected chi connectivity index (χ1v) is 6.64. The van der Waals surface area contributed by atoms with Gasteiger partial charge in [-0.2, -0.15) is 0 Å². The minimum atomic E-state index is -0.422. The summed E-state index contributed by atoms with van der Waals surface area (Å²) in [5.74, 6) is 0. The highest BCUT2D eigenvalue weighted by Gasteiger charge is 2.33.